The van der Waals surface area contributed by atoms with Crippen molar-refractivity contribution in [3.05, 3.63) is 58.1 Å². The zero-order valence-electron chi connectivity index (χ0n) is 20.4. The molecule has 0 N–H and O–H groups in total. The molecule has 3 aliphatic heterocycles. The van der Waals surface area contributed by atoms with E-state index in [-0.39, 0.29) is 12.0 Å². The first-order chi connectivity index (χ1) is 17.0. The highest BCUT2D eigenvalue weighted by atomic mass is 35.5. The van der Waals surface area contributed by atoms with Gasteiger partial charge in [-0.25, -0.2) is 0 Å². The van der Waals surface area contributed by atoms with Gasteiger partial charge in [0, 0.05) is 41.4 Å². The highest BCUT2D eigenvalue weighted by Gasteiger charge is 2.39. The third-order valence-electron chi connectivity index (χ3n) is 8.54. The molecule has 4 aliphatic rings. The van der Waals surface area contributed by atoms with Crippen molar-refractivity contribution in [2.45, 2.75) is 76.0 Å². The molecule has 3 atom stereocenters. The van der Waals surface area contributed by atoms with Crippen LogP contribution in [0.3, 0.4) is 0 Å². The molecule has 1 saturated carbocycles. The van der Waals surface area contributed by atoms with Gasteiger partial charge in [-0.2, -0.15) is 0 Å². The van der Waals surface area contributed by atoms with Crippen LogP contribution in [-0.4, -0.2) is 42.6 Å². The molecular formula is C30H33ClN2O2. The number of carbonyl (C=O) groups excluding carboxylic acids is 1. The minimum absolute atomic E-state index is 0.0261. The number of halogens is 1. The second kappa shape index (κ2) is 9.52. The number of rotatable bonds is 3. The van der Waals surface area contributed by atoms with Crippen LogP contribution in [0.5, 0.6) is 5.75 Å². The summed E-state index contributed by atoms with van der Waals surface area (Å²) in [5.41, 5.74) is 3.70. The highest BCUT2D eigenvalue weighted by Crippen LogP contribution is 2.38. The molecule has 0 spiro atoms. The first kappa shape index (κ1) is 23.0. The lowest BCUT2D eigenvalue weighted by Crippen LogP contribution is -2.43. The Balaban J connectivity index is 1.15. The Labute approximate surface area is 213 Å². The van der Waals surface area contributed by atoms with E-state index in [9.17, 15) is 4.79 Å². The molecule has 6 rings (SSSR count). The van der Waals surface area contributed by atoms with Gasteiger partial charge in [0.2, 0.25) is 0 Å². The van der Waals surface area contributed by atoms with Crippen molar-refractivity contribution in [1.29, 1.82) is 0 Å². The molecule has 3 heterocycles. The van der Waals surface area contributed by atoms with Crippen LogP contribution in [0.1, 0.15) is 72.9 Å². The molecule has 2 aromatic carbocycles. The molecule has 182 valence electrons. The Morgan fingerprint density at radius 2 is 1.77 bits per heavy atom. The molecule has 1 unspecified atom stereocenters. The van der Waals surface area contributed by atoms with Gasteiger partial charge in [-0.3, -0.25) is 4.79 Å². The summed E-state index contributed by atoms with van der Waals surface area (Å²) in [7, 11) is 2.23. The summed E-state index contributed by atoms with van der Waals surface area (Å²) in [4.78, 5) is 17.7. The van der Waals surface area contributed by atoms with Gasteiger partial charge in [-0.1, -0.05) is 36.3 Å². The van der Waals surface area contributed by atoms with Crippen LogP contribution in [0.25, 0.3) is 0 Å². The monoisotopic (exact) mass is 488 g/mol. The maximum atomic E-state index is 13.3. The predicted molar refractivity (Wildman–Crippen MR) is 140 cm³/mol. The van der Waals surface area contributed by atoms with E-state index < -0.39 is 0 Å². The zero-order chi connectivity index (χ0) is 23.9. The quantitative estimate of drug-likeness (QED) is 0.490. The van der Waals surface area contributed by atoms with Gasteiger partial charge < -0.3 is 14.5 Å². The summed E-state index contributed by atoms with van der Waals surface area (Å²) in [6.07, 6.45) is 10.7. The molecule has 1 amide bonds. The summed E-state index contributed by atoms with van der Waals surface area (Å²) < 4.78 is 6.34. The molecule has 0 radical (unpaired) electrons. The maximum absolute atomic E-state index is 13.3. The van der Waals surface area contributed by atoms with Crippen molar-refractivity contribution in [2.75, 3.05) is 18.5 Å². The SMILES string of the molecule is CN1[C@@H]2CC[C@H]1CC(Oc1ccc(N3CCc4cc(C#CC5CCCC5)ccc4C3=O)cc1Cl)C2. The van der Waals surface area contributed by atoms with E-state index in [0.29, 0.717) is 29.6 Å². The molecule has 4 nitrogen and oxygen atoms in total. The van der Waals surface area contributed by atoms with Crippen LogP contribution in [0, 0.1) is 17.8 Å². The van der Waals surface area contributed by atoms with Crippen molar-refractivity contribution < 1.29 is 9.53 Å². The van der Waals surface area contributed by atoms with Crippen LogP contribution in [0.15, 0.2) is 36.4 Å². The second-order valence-electron chi connectivity index (χ2n) is 10.7. The summed E-state index contributed by atoms with van der Waals surface area (Å²) in [6.45, 7) is 0.639. The zero-order valence-corrected chi connectivity index (χ0v) is 21.2. The van der Waals surface area contributed by atoms with Crippen molar-refractivity contribution in [2.24, 2.45) is 5.92 Å². The van der Waals surface area contributed by atoms with Crippen molar-refractivity contribution in [1.82, 2.24) is 4.90 Å². The molecule has 2 saturated heterocycles. The first-order valence-corrected chi connectivity index (χ1v) is 13.6. The predicted octanol–water partition coefficient (Wildman–Crippen LogP) is 6.09. The van der Waals surface area contributed by atoms with E-state index in [0.717, 1.165) is 47.4 Å². The van der Waals surface area contributed by atoms with Crippen LogP contribution in [-0.2, 0) is 6.42 Å². The average Bonchev–Trinajstić information content (AvgIpc) is 3.44. The fourth-order valence-electron chi connectivity index (χ4n) is 6.46. The number of amides is 1. The van der Waals surface area contributed by atoms with Gasteiger partial charge in [0.1, 0.15) is 11.9 Å². The minimum atomic E-state index is 0.0261. The topological polar surface area (TPSA) is 32.8 Å². The fraction of sp³-hybridized carbons (Fsp3) is 0.500. The number of anilines is 1. The molecule has 5 heteroatoms. The fourth-order valence-corrected chi connectivity index (χ4v) is 6.68. The number of fused-ring (bicyclic) bond motifs is 3. The van der Waals surface area contributed by atoms with Crippen molar-refractivity contribution in [3.63, 3.8) is 0 Å². The van der Waals surface area contributed by atoms with Gasteiger partial charge in [-0.05, 0) is 94.0 Å². The largest absolute Gasteiger partial charge is 0.489 e. The molecular weight excluding hydrogens is 456 g/mol. The molecule has 2 bridgehead atoms. The highest BCUT2D eigenvalue weighted by molar-refractivity contribution is 6.32. The minimum Gasteiger partial charge on any atom is -0.489 e. The lowest BCUT2D eigenvalue weighted by molar-refractivity contribution is 0.0662. The Morgan fingerprint density at radius 3 is 2.51 bits per heavy atom. The summed E-state index contributed by atoms with van der Waals surface area (Å²) in [5, 5.41) is 0.574. The molecule has 35 heavy (non-hydrogen) atoms. The molecule has 2 aromatic rings. The summed E-state index contributed by atoms with van der Waals surface area (Å²) in [5.74, 6) is 8.06. The van der Waals surface area contributed by atoms with Crippen LogP contribution in [0.4, 0.5) is 5.69 Å². The Bertz CT molecular complexity index is 1180. The van der Waals surface area contributed by atoms with E-state index in [1.54, 1.807) is 0 Å². The first-order valence-electron chi connectivity index (χ1n) is 13.2. The van der Waals surface area contributed by atoms with Gasteiger partial charge >= 0.3 is 0 Å². The number of hydrogen-bond acceptors (Lipinski definition) is 3. The Kier molecular flexibility index (Phi) is 6.25. The number of carbonyl (C=O) groups is 1. The van der Waals surface area contributed by atoms with Gasteiger partial charge in [0.05, 0.1) is 5.02 Å². The summed E-state index contributed by atoms with van der Waals surface area (Å²) >= 11 is 6.65. The van der Waals surface area contributed by atoms with Crippen LogP contribution < -0.4 is 9.64 Å². The second-order valence-corrected chi connectivity index (χ2v) is 11.1. The number of piperidine rings is 1. The Morgan fingerprint density at radius 1 is 1.00 bits per heavy atom. The van der Waals surface area contributed by atoms with E-state index >= 15 is 0 Å². The number of hydrogen-bond donors (Lipinski definition) is 0. The number of ether oxygens (including phenoxy) is 1. The maximum Gasteiger partial charge on any atom is 0.258 e. The van der Waals surface area contributed by atoms with Gasteiger partial charge in [-0.15, -0.1) is 0 Å². The summed E-state index contributed by atoms with van der Waals surface area (Å²) in [6, 6.07) is 13.1. The number of nitrogens with zero attached hydrogens (tertiary/aromatic N) is 2. The third kappa shape index (κ3) is 4.57. The molecule has 0 aromatic heterocycles. The average molecular weight is 489 g/mol. The van der Waals surface area contributed by atoms with Gasteiger partial charge in [0.25, 0.3) is 5.91 Å². The lowest BCUT2D eigenvalue weighted by atomic mass is 9.96. The number of benzene rings is 2. The normalized spacial score (nSPS) is 26.4. The standard InChI is InChI=1S/C30H33ClN2O2/c1-32-23-9-10-24(32)18-26(17-23)35-29-13-11-25(19-28(29)31)33-15-14-22-16-21(8-12-27(22)30(33)34)7-6-20-4-2-3-5-20/h8,11-13,16,19-20,23-24,26H,2-5,9-10,14-15,17-18H2,1H3/t23-,24+,26?. The van der Waals surface area contributed by atoms with E-state index in [1.807, 2.05) is 35.2 Å². The van der Waals surface area contributed by atoms with Crippen molar-refractivity contribution >= 4 is 23.2 Å². The third-order valence-corrected chi connectivity index (χ3v) is 8.83. The lowest BCUT2D eigenvalue weighted by Gasteiger charge is -2.36. The van der Waals surface area contributed by atoms with E-state index in [4.69, 9.17) is 16.3 Å². The van der Waals surface area contributed by atoms with E-state index in [2.05, 4.69) is 29.9 Å². The van der Waals surface area contributed by atoms with Crippen LogP contribution >= 0.6 is 11.6 Å². The smallest absolute Gasteiger partial charge is 0.258 e. The van der Waals surface area contributed by atoms with Gasteiger partial charge in [0.15, 0.2) is 0 Å². The van der Waals surface area contributed by atoms with Crippen molar-refractivity contribution in [3.8, 4) is 17.6 Å². The van der Waals surface area contributed by atoms with E-state index in [1.165, 1.54) is 38.5 Å². The van der Waals surface area contributed by atoms with Crippen LogP contribution in [0.2, 0.25) is 5.02 Å². The molecule has 3 fully saturated rings. The molecule has 1 aliphatic carbocycles. The Hall–Kier alpha value is -2.48.